The minimum atomic E-state index is -0.500. The first kappa shape index (κ1) is 18.6. The van der Waals surface area contributed by atoms with Crippen LogP contribution in [-0.2, 0) is 33.8 Å². The molecule has 0 amide bonds. The third-order valence-electron chi connectivity index (χ3n) is 5.32. The van der Waals surface area contributed by atoms with Crippen LogP contribution >= 0.6 is 0 Å². The average Bonchev–Trinajstić information content (AvgIpc) is 3.49. The number of nitrogens with zero attached hydrogens (tertiary/aromatic N) is 3. The Morgan fingerprint density at radius 1 is 0.593 bits per heavy atom. The predicted octanol–water partition coefficient (Wildman–Crippen LogP) is -0.291. The number of ether oxygens (including phenoxy) is 3. The highest BCUT2D eigenvalue weighted by Gasteiger charge is 2.24. The Balaban J connectivity index is 1.52. The molecule has 0 spiro atoms. The highest BCUT2D eigenvalue weighted by molar-refractivity contribution is 4.81. The lowest BCUT2D eigenvalue weighted by Gasteiger charge is -2.13. The second kappa shape index (κ2) is 8.12. The fourth-order valence-corrected chi connectivity index (χ4v) is 3.39. The van der Waals surface area contributed by atoms with Crippen molar-refractivity contribution in [3.05, 3.63) is 31.5 Å². The molecule has 4 heterocycles. The van der Waals surface area contributed by atoms with Crippen molar-refractivity contribution < 1.29 is 14.2 Å². The van der Waals surface area contributed by atoms with Gasteiger partial charge < -0.3 is 14.2 Å². The quantitative estimate of drug-likeness (QED) is 0.461. The molecule has 0 aromatic carbocycles. The van der Waals surface area contributed by atoms with Gasteiger partial charge in [0.1, 0.15) is 0 Å². The van der Waals surface area contributed by atoms with E-state index >= 15 is 0 Å². The number of hydrogen-bond acceptors (Lipinski definition) is 6. The standard InChI is InChI=1S/C18H27N3O6/c22-16-19(7-1-4-13-10-25-13)17(23)21(9-3-6-15-12-27-15)18(24)20(16)8-2-5-14-11-26-14/h13-15H,1-12H2. The van der Waals surface area contributed by atoms with Gasteiger partial charge in [-0.05, 0) is 38.5 Å². The molecule has 3 aliphatic rings. The Kier molecular flexibility index (Phi) is 5.60. The van der Waals surface area contributed by atoms with Gasteiger partial charge in [-0.3, -0.25) is 0 Å². The molecule has 3 fully saturated rings. The third kappa shape index (κ3) is 4.97. The maximum Gasteiger partial charge on any atom is 0.336 e. The van der Waals surface area contributed by atoms with Crippen molar-refractivity contribution in [2.24, 2.45) is 0 Å². The summed E-state index contributed by atoms with van der Waals surface area (Å²) in [7, 11) is 0. The van der Waals surface area contributed by atoms with Crippen LogP contribution in [0.5, 0.6) is 0 Å². The zero-order valence-corrected chi connectivity index (χ0v) is 15.5. The van der Waals surface area contributed by atoms with E-state index in [9.17, 15) is 14.4 Å². The van der Waals surface area contributed by atoms with E-state index in [1.807, 2.05) is 0 Å². The minimum absolute atomic E-state index is 0.255. The summed E-state index contributed by atoms with van der Waals surface area (Å²) in [5.74, 6) is 0. The fraction of sp³-hybridized carbons (Fsp3) is 0.833. The number of epoxide rings is 3. The molecule has 0 aliphatic carbocycles. The maximum absolute atomic E-state index is 12.8. The van der Waals surface area contributed by atoms with E-state index in [0.717, 1.165) is 39.1 Å². The van der Waals surface area contributed by atoms with Gasteiger partial charge in [-0.2, -0.15) is 0 Å². The van der Waals surface area contributed by atoms with E-state index in [1.54, 1.807) is 0 Å². The van der Waals surface area contributed by atoms with Crippen molar-refractivity contribution in [2.45, 2.75) is 76.5 Å². The normalized spacial score (nSPS) is 25.6. The van der Waals surface area contributed by atoms with Gasteiger partial charge in [0.15, 0.2) is 0 Å². The van der Waals surface area contributed by atoms with Gasteiger partial charge in [-0.25, -0.2) is 28.1 Å². The largest absolute Gasteiger partial charge is 0.373 e. The molecule has 3 aliphatic heterocycles. The van der Waals surface area contributed by atoms with Crippen LogP contribution in [0.2, 0.25) is 0 Å². The average molecular weight is 381 g/mol. The van der Waals surface area contributed by atoms with Crippen LogP contribution in [0.1, 0.15) is 38.5 Å². The monoisotopic (exact) mass is 381 g/mol. The molecule has 0 saturated carbocycles. The van der Waals surface area contributed by atoms with E-state index in [-0.39, 0.29) is 18.3 Å². The molecule has 9 heteroatoms. The molecule has 3 atom stereocenters. The second-order valence-electron chi connectivity index (χ2n) is 7.60. The zero-order chi connectivity index (χ0) is 18.8. The van der Waals surface area contributed by atoms with E-state index in [2.05, 4.69) is 0 Å². The molecule has 3 saturated heterocycles. The Morgan fingerprint density at radius 2 is 0.852 bits per heavy atom. The second-order valence-corrected chi connectivity index (χ2v) is 7.60. The Hall–Kier alpha value is -1.71. The number of hydrogen-bond donors (Lipinski definition) is 0. The van der Waals surface area contributed by atoms with Crippen LogP contribution in [-0.4, -0.2) is 51.8 Å². The lowest BCUT2D eigenvalue weighted by Crippen LogP contribution is -2.54. The Bertz CT molecular complexity index is 689. The van der Waals surface area contributed by atoms with Crippen LogP contribution in [0.4, 0.5) is 0 Å². The highest BCUT2D eigenvalue weighted by Crippen LogP contribution is 2.16. The van der Waals surface area contributed by atoms with Gasteiger partial charge in [0.2, 0.25) is 0 Å². The summed E-state index contributed by atoms with van der Waals surface area (Å²) in [6.07, 6.45) is 5.29. The zero-order valence-electron chi connectivity index (χ0n) is 15.5. The fourth-order valence-electron chi connectivity index (χ4n) is 3.39. The van der Waals surface area contributed by atoms with Crippen molar-refractivity contribution in [3.8, 4) is 0 Å². The third-order valence-corrected chi connectivity index (χ3v) is 5.32. The van der Waals surface area contributed by atoms with Gasteiger partial charge in [0.05, 0.1) is 38.1 Å². The van der Waals surface area contributed by atoms with Crippen LogP contribution in [0, 0.1) is 0 Å². The molecule has 9 nitrogen and oxygen atoms in total. The minimum Gasteiger partial charge on any atom is -0.373 e. The molecule has 4 rings (SSSR count). The van der Waals surface area contributed by atoms with Crippen LogP contribution in [0.3, 0.4) is 0 Å². The van der Waals surface area contributed by atoms with Crippen LogP contribution in [0.15, 0.2) is 14.4 Å². The molecular formula is C18H27N3O6. The molecule has 0 N–H and O–H groups in total. The molecule has 0 bridgehead atoms. The van der Waals surface area contributed by atoms with Crippen molar-refractivity contribution in [2.75, 3.05) is 19.8 Å². The molecule has 3 unspecified atom stereocenters. The summed E-state index contributed by atoms with van der Waals surface area (Å²) in [6, 6.07) is 0. The Morgan fingerprint density at radius 3 is 1.07 bits per heavy atom. The van der Waals surface area contributed by atoms with Crippen molar-refractivity contribution in [3.63, 3.8) is 0 Å². The SMILES string of the molecule is O=c1n(CCCC2CO2)c(=O)n(CCCC2CO2)c(=O)n1CCCC1CO1. The highest BCUT2D eigenvalue weighted by atomic mass is 16.6. The van der Waals surface area contributed by atoms with Gasteiger partial charge in [0, 0.05) is 19.6 Å². The van der Waals surface area contributed by atoms with E-state index in [0.29, 0.717) is 38.9 Å². The van der Waals surface area contributed by atoms with Gasteiger partial charge in [-0.15, -0.1) is 0 Å². The lowest BCUT2D eigenvalue weighted by molar-refractivity contribution is 0.361. The summed E-state index contributed by atoms with van der Waals surface area (Å²) in [4.78, 5) is 38.3. The van der Waals surface area contributed by atoms with Crippen molar-refractivity contribution >= 4 is 0 Å². The van der Waals surface area contributed by atoms with Crippen molar-refractivity contribution in [1.82, 2.24) is 13.7 Å². The first-order valence-electron chi connectivity index (χ1n) is 9.93. The van der Waals surface area contributed by atoms with E-state index < -0.39 is 17.1 Å². The molecule has 1 aromatic heterocycles. The molecular weight excluding hydrogens is 354 g/mol. The van der Waals surface area contributed by atoms with Crippen LogP contribution < -0.4 is 17.1 Å². The Labute approximate surface area is 156 Å². The summed E-state index contributed by atoms with van der Waals surface area (Å²) in [5.41, 5.74) is -1.50. The summed E-state index contributed by atoms with van der Waals surface area (Å²) >= 11 is 0. The maximum atomic E-state index is 12.8. The first-order chi connectivity index (χ1) is 13.1. The molecule has 27 heavy (non-hydrogen) atoms. The summed E-state index contributed by atoms with van der Waals surface area (Å²) in [6.45, 7) is 3.21. The van der Waals surface area contributed by atoms with E-state index in [4.69, 9.17) is 14.2 Å². The van der Waals surface area contributed by atoms with Gasteiger partial charge in [0.25, 0.3) is 0 Å². The van der Waals surface area contributed by atoms with E-state index in [1.165, 1.54) is 13.7 Å². The number of aromatic nitrogens is 3. The molecule has 1 aromatic rings. The topological polar surface area (TPSA) is 104 Å². The number of rotatable bonds is 12. The summed E-state index contributed by atoms with van der Waals surface area (Å²) < 4.78 is 19.2. The molecule has 0 radical (unpaired) electrons. The van der Waals surface area contributed by atoms with Gasteiger partial charge >= 0.3 is 17.1 Å². The van der Waals surface area contributed by atoms with Crippen LogP contribution in [0.25, 0.3) is 0 Å². The lowest BCUT2D eigenvalue weighted by atomic mass is 10.2. The predicted molar refractivity (Wildman–Crippen MR) is 96.1 cm³/mol. The van der Waals surface area contributed by atoms with Crippen molar-refractivity contribution in [1.29, 1.82) is 0 Å². The first-order valence-corrected chi connectivity index (χ1v) is 9.93. The van der Waals surface area contributed by atoms with Gasteiger partial charge in [-0.1, -0.05) is 0 Å². The summed E-state index contributed by atoms with van der Waals surface area (Å²) in [5, 5.41) is 0. The smallest absolute Gasteiger partial charge is 0.336 e. The molecule has 150 valence electrons.